The summed E-state index contributed by atoms with van der Waals surface area (Å²) in [5.41, 5.74) is 9.10. The summed E-state index contributed by atoms with van der Waals surface area (Å²) in [7, 11) is 0. The van der Waals surface area contributed by atoms with Crippen LogP contribution in [0, 0.1) is 0 Å². The second-order valence-electron chi connectivity index (χ2n) is 4.35. The molecule has 1 heteroatoms. The Labute approximate surface area is 112 Å². The third-order valence-corrected chi connectivity index (χ3v) is 2.47. The monoisotopic (exact) mass is 245 g/mol. The highest BCUT2D eigenvalue weighted by atomic mass is 14.5. The normalized spacial score (nSPS) is 11.2. The van der Waals surface area contributed by atoms with Crippen LogP contribution in [0.25, 0.3) is 0 Å². The molecule has 0 heterocycles. The zero-order chi connectivity index (χ0) is 13.8. The van der Waals surface area contributed by atoms with Crippen LogP contribution in [0.2, 0.25) is 0 Å². The quantitative estimate of drug-likeness (QED) is 0.577. The van der Waals surface area contributed by atoms with Crippen LogP contribution in [0.5, 0.6) is 0 Å². The lowest BCUT2D eigenvalue weighted by atomic mass is 10.1. The van der Waals surface area contributed by atoms with E-state index < -0.39 is 0 Å². The Morgan fingerprint density at radius 1 is 1.17 bits per heavy atom. The fourth-order valence-corrected chi connectivity index (χ4v) is 1.63. The van der Waals surface area contributed by atoms with Crippen molar-refractivity contribution in [2.24, 2.45) is 0 Å². The van der Waals surface area contributed by atoms with Crippen molar-refractivity contribution in [3.05, 3.63) is 53.6 Å². The van der Waals surface area contributed by atoms with Crippen LogP contribution in [-0.2, 0) is 6.42 Å². The number of benzene rings is 1. The molecule has 0 fully saturated rings. The van der Waals surface area contributed by atoms with Gasteiger partial charge in [-0.05, 0) is 44.4 Å². The second kappa shape index (κ2) is 10.6. The van der Waals surface area contributed by atoms with Crippen molar-refractivity contribution in [1.29, 1.82) is 0 Å². The first kappa shape index (κ1) is 16.5. The first-order valence-electron chi connectivity index (χ1n) is 6.77. The van der Waals surface area contributed by atoms with Crippen LogP contribution in [0.4, 0.5) is 5.69 Å². The molecule has 0 unspecified atom stereocenters. The standard InChI is InChI=1S/C9H13N.C8H14/c1-2-3-8-4-6-9(10)7-5-8;1-4-6-8(3)7-5-2/h4-7H,2-3,10H2,1H3;4,6-7H,5H2,1-3H3/b;6-4-,8-7-. The van der Waals surface area contributed by atoms with E-state index in [2.05, 4.69) is 51.1 Å². The number of hydrogen-bond donors (Lipinski definition) is 1. The van der Waals surface area contributed by atoms with Crippen molar-refractivity contribution in [2.45, 2.75) is 47.0 Å². The Morgan fingerprint density at radius 3 is 2.22 bits per heavy atom. The van der Waals surface area contributed by atoms with E-state index in [4.69, 9.17) is 5.73 Å². The van der Waals surface area contributed by atoms with Gasteiger partial charge in [0.25, 0.3) is 0 Å². The van der Waals surface area contributed by atoms with E-state index in [1.807, 2.05) is 19.1 Å². The van der Waals surface area contributed by atoms with Crippen LogP contribution >= 0.6 is 0 Å². The van der Waals surface area contributed by atoms with E-state index in [-0.39, 0.29) is 0 Å². The van der Waals surface area contributed by atoms with Crippen molar-refractivity contribution in [1.82, 2.24) is 0 Å². The third-order valence-electron chi connectivity index (χ3n) is 2.47. The molecular weight excluding hydrogens is 218 g/mol. The summed E-state index contributed by atoms with van der Waals surface area (Å²) in [4.78, 5) is 0. The molecule has 1 aromatic carbocycles. The molecule has 0 saturated carbocycles. The molecule has 1 nitrogen and oxygen atoms in total. The number of nitrogens with two attached hydrogens (primary N) is 1. The molecule has 0 aliphatic heterocycles. The molecule has 0 radical (unpaired) electrons. The molecule has 0 saturated heterocycles. The lowest BCUT2D eigenvalue weighted by molar-refractivity contribution is 0.922. The van der Waals surface area contributed by atoms with E-state index in [0.717, 1.165) is 18.5 Å². The highest BCUT2D eigenvalue weighted by Crippen LogP contribution is 2.06. The first-order valence-corrected chi connectivity index (χ1v) is 6.77. The minimum Gasteiger partial charge on any atom is -0.399 e. The van der Waals surface area contributed by atoms with Crippen molar-refractivity contribution >= 4 is 5.69 Å². The SMILES string of the molecule is C/C=C\C(C)=C/CC.CCCc1ccc(N)cc1. The molecule has 18 heavy (non-hydrogen) atoms. The third kappa shape index (κ3) is 8.63. The van der Waals surface area contributed by atoms with Gasteiger partial charge in [0.1, 0.15) is 0 Å². The minimum absolute atomic E-state index is 0.847. The van der Waals surface area contributed by atoms with Crippen LogP contribution in [0.15, 0.2) is 48.1 Å². The summed E-state index contributed by atoms with van der Waals surface area (Å²) in [5.74, 6) is 0. The first-order chi connectivity index (χ1) is 8.63. The number of nitrogen functional groups attached to an aromatic ring is 1. The second-order valence-corrected chi connectivity index (χ2v) is 4.35. The van der Waals surface area contributed by atoms with Crippen molar-refractivity contribution < 1.29 is 0 Å². The summed E-state index contributed by atoms with van der Waals surface area (Å²) >= 11 is 0. The highest BCUT2D eigenvalue weighted by molar-refractivity contribution is 5.39. The molecule has 1 aromatic rings. The van der Waals surface area contributed by atoms with Crippen molar-refractivity contribution in [2.75, 3.05) is 5.73 Å². The van der Waals surface area contributed by atoms with Gasteiger partial charge in [-0.25, -0.2) is 0 Å². The van der Waals surface area contributed by atoms with E-state index >= 15 is 0 Å². The van der Waals surface area contributed by atoms with Gasteiger partial charge in [0.05, 0.1) is 0 Å². The van der Waals surface area contributed by atoms with Gasteiger partial charge in [-0.15, -0.1) is 0 Å². The zero-order valence-electron chi connectivity index (χ0n) is 12.2. The lowest BCUT2D eigenvalue weighted by Crippen LogP contribution is -1.86. The molecule has 0 aliphatic carbocycles. The molecule has 0 amide bonds. The fourth-order valence-electron chi connectivity index (χ4n) is 1.63. The predicted octanol–water partition coefficient (Wildman–Crippen LogP) is 5.14. The average Bonchev–Trinajstić information content (AvgIpc) is 2.34. The molecule has 1 rings (SSSR count). The smallest absolute Gasteiger partial charge is 0.0314 e. The maximum Gasteiger partial charge on any atom is 0.0314 e. The molecule has 0 aromatic heterocycles. The van der Waals surface area contributed by atoms with Crippen LogP contribution in [0.1, 0.15) is 46.1 Å². The van der Waals surface area contributed by atoms with E-state index in [0.29, 0.717) is 0 Å². The van der Waals surface area contributed by atoms with Crippen LogP contribution < -0.4 is 5.73 Å². The topological polar surface area (TPSA) is 26.0 Å². The highest BCUT2D eigenvalue weighted by Gasteiger charge is 1.88. The molecule has 2 N–H and O–H groups in total. The molecule has 0 spiro atoms. The Kier molecular flexibility index (Phi) is 9.75. The van der Waals surface area contributed by atoms with Gasteiger partial charge in [0.2, 0.25) is 0 Å². The van der Waals surface area contributed by atoms with Crippen LogP contribution in [0.3, 0.4) is 0 Å². The fraction of sp³-hybridized carbons (Fsp3) is 0.412. The summed E-state index contributed by atoms with van der Waals surface area (Å²) in [6, 6.07) is 8.06. The number of allylic oxidation sites excluding steroid dienone is 4. The number of aryl methyl sites for hydroxylation is 1. The summed E-state index contributed by atoms with van der Waals surface area (Å²) in [5, 5.41) is 0. The molecule has 0 atom stereocenters. The van der Waals surface area contributed by atoms with Crippen molar-refractivity contribution in [3.8, 4) is 0 Å². The van der Waals surface area contributed by atoms with Gasteiger partial charge < -0.3 is 5.73 Å². The molecule has 100 valence electrons. The molecule has 0 aliphatic rings. The molecular formula is C17H27N. The van der Waals surface area contributed by atoms with E-state index in [1.165, 1.54) is 17.6 Å². The Balaban J connectivity index is 0.000000331. The predicted molar refractivity (Wildman–Crippen MR) is 83.7 cm³/mol. The van der Waals surface area contributed by atoms with Gasteiger partial charge in [0, 0.05) is 5.69 Å². The number of rotatable bonds is 4. The van der Waals surface area contributed by atoms with E-state index in [9.17, 15) is 0 Å². The van der Waals surface area contributed by atoms with Gasteiger partial charge in [-0.2, -0.15) is 0 Å². The maximum atomic E-state index is 5.52. The lowest BCUT2D eigenvalue weighted by Gasteiger charge is -1.97. The largest absolute Gasteiger partial charge is 0.399 e. The van der Waals surface area contributed by atoms with Crippen LogP contribution in [-0.4, -0.2) is 0 Å². The van der Waals surface area contributed by atoms with E-state index in [1.54, 1.807) is 0 Å². The number of hydrogen-bond acceptors (Lipinski definition) is 1. The average molecular weight is 245 g/mol. The Bertz CT molecular complexity index is 358. The van der Waals surface area contributed by atoms with Gasteiger partial charge >= 0.3 is 0 Å². The van der Waals surface area contributed by atoms with Crippen molar-refractivity contribution in [3.63, 3.8) is 0 Å². The molecule has 0 bridgehead atoms. The van der Waals surface area contributed by atoms with Gasteiger partial charge in [-0.1, -0.05) is 56.2 Å². The summed E-state index contributed by atoms with van der Waals surface area (Å²) < 4.78 is 0. The number of anilines is 1. The Hall–Kier alpha value is -1.50. The van der Waals surface area contributed by atoms with Gasteiger partial charge in [0.15, 0.2) is 0 Å². The maximum absolute atomic E-state index is 5.52. The zero-order valence-corrected chi connectivity index (χ0v) is 12.2. The summed E-state index contributed by atoms with van der Waals surface area (Å²) in [6.45, 7) is 8.47. The van der Waals surface area contributed by atoms with Gasteiger partial charge in [-0.3, -0.25) is 0 Å². The summed E-state index contributed by atoms with van der Waals surface area (Å²) in [6.07, 6.45) is 9.87. The Morgan fingerprint density at radius 2 is 1.78 bits per heavy atom. The minimum atomic E-state index is 0.847.